The lowest BCUT2D eigenvalue weighted by atomic mass is 9.95. The van der Waals surface area contributed by atoms with Crippen molar-refractivity contribution in [1.29, 1.82) is 0 Å². The second kappa shape index (κ2) is 9.91. The van der Waals surface area contributed by atoms with Gasteiger partial charge in [-0.3, -0.25) is 4.79 Å². The highest BCUT2D eigenvalue weighted by atomic mass is 19.1. The number of rotatable bonds is 7. The molecule has 1 aliphatic rings. The molecule has 9 heteroatoms. The van der Waals surface area contributed by atoms with Gasteiger partial charge >= 0.3 is 0 Å². The molecule has 8 nitrogen and oxygen atoms in total. The van der Waals surface area contributed by atoms with Crippen molar-refractivity contribution < 1.29 is 18.7 Å². The summed E-state index contributed by atoms with van der Waals surface area (Å²) in [7, 11) is 1.55. The highest BCUT2D eigenvalue weighted by Gasteiger charge is 2.33. The summed E-state index contributed by atoms with van der Waals surface area (Å²) in [6.07, 6.45) is 1.44. The lowest BCUT2D eigenvalue weighted by Crippen LogP contribution is -2.31. The zero-order valence-electron chi connectivity index (χ0n) is 19.7. The zero-order valence-corrected chi connectivity index (χ0v) is 19.7. The maximum atomic E-state index is 13.9. The number of benzene rings is 3. The van der Waals surface area contributed by atoms with Crippen LogP contribution in [0.25, 0.3) is 0 Å². The lowest BCUT2D eigenvalue weighted by molar-refractivity contribution is -0.113. The molecule has 0 aliphatic carbocycles. The van der Waals surface area contributed by atoms with Crippen LogP contribution in [0, 0.1) is 5.82 Å². The molecule has 182 valence electrons. The Morgan fingerprint density at radius 3 is 2.61 bits per heavy atom. The Morgan fingerprint density at radius 2 is 1.83 bits per heavy atom. The summed E-state index contributed by atoms with van der Waals surface area (Å²) in [5.74, 6) is 1.06. The van der Waals surface area contributed by atoms with Crippen LogP contribution in [0.3, 0.4) is 0 Å². The summed E-state index contributed by atoms with van der Waals surface area (Å²) in [6, 6.07) is 20.5. The molecular formula is C27H24FN5O3. The van der Waals surface area contributed by atoms with Gasteiger partial charge in [-0.05, 0) is 42.8 Å². The summed E-state index contributed by atoms with van der Waals surface area (Å²) in [6.45, 7) is 1.94. The average molecular weight is 486 g/mol. The van der Waals surface area contributed by atoms with Gasteiger partial charge in [-0.2, -0.15) is 10.1 Å². The standard InChI is InChI=1S/C27H24FN5O3/c1-17-24(26(34)32-22-9-5-6-10-23(22)35-2)25(33-27(31-17)29-16-30-33)18-11-13-20(14-12-18)36-15-19-7-3-4-8-21(19)28/h3-14,16,25H,15H2,1-2H3,(H,32,34)(H,29,30,31). The maximum absolute atomic E-state index is 13.9. The number of ether oxygens (including phenoxy) is 2. The first-order chi connectivity index (χ1) is 17.5. The Hall–Kier alpha value is -4.66. The number of para-hydroxylation sites is 2. The molecule has 0 saturated carbocycles. The summed E-state index contributed by atoms with van der Waals surface area (Å²) >= 11 is 0. The van der Waals surface area contributed by atoms with Gasteiger partial charge in [-0.15, -0.1) is 0 Å². The molecule has 0 fully saturated rings. The van der Waals surface area contributed by atoms with E-state index in [1.165, 1.54) is 12.4 Å². The zero-order chi connectivity index (χ0) is 25.1. The molecule has 1 aliphatic heterocycles. The Kier molecular flexibility index (Phi) is 6.36. The number of hydrogen-bond donors (Lipinski definition) is 2. The normalized spacial score (nSPS) is 14.6. The van der Waals surface area contributed by atoms with Crippen molar-refractivity contribution in [3.05, 3.63) is 107 Å². The van der Waals surface area contributed by atoms with Crippen molar-refractivity contribution in [2.45, 2.75) is 19.6 Å². The van der Waals surface area contributed by atoms with Gasteiger partial charge in [0.15, 0.2) is 0 Å². The van der Waals surface area contributed by atoms with Crippen molar-refractivity contribution >= 4 is 17.5 Å². The number of halogens is 1. The van der Waals surface area contributed by atoms with E-state index in [0.29, 0.717) is 40.0 Å². The molecule has 4 aromatic rings. The minimum Gasteiger partial charge on any atom is -0.495 e. The Morgan fingerprint density at radius 1 is 1.08 bits per heavy atom. The molecule has 0 saturated heterocycles. The fourth-order valence-electron chi connectivity index (χ4n) is 4.15. The van der Waals surface area contributed by atoms with Crippen molar-refractivity contribution in [3.8, 4) is 11.5 Å². The van der Waals surface area contributed by atoms with Crippen LogP contribution in [-0.4, -0.2) is 27.8 Å². The molecule has 0 radical (unpaired) electrons. The summed E-state index contributed by atoms with van der Waals surface area (Å²) in [5.41, 5.74) is 2.99. The van der Waals surface area contributed by atoms with Crippen molar-refractivity contribution in [2.24, 2.45) is 0 Å². The predicted molar refractivity (Wildman–Crippen MR) is 133 cm³/mol. The number of allylic oxidation sites excluding steroid dienone is 1. The predicted octanol–water partition coefficient (Wildman–Crippen LogP) is 4.93. The van der Waals surface area contributed by atoms with E-state index in [9.17, 15) is 9.18 Å². The van der Waals surface area contributed by atoms with Crippen LogP contribution in [-0.2, 0) is 11.4 Å². The molecule has 2 N–H and O–H groups in total. The van der Waals surface area contributed by atoms with Gasteiger partial charge in [0.1, 0.15) is 36.3 Å². The van der Waals surface area contributed by atoms with Crippen LogP contribution < -0.4 is 20.1 Å². The van der Waals surface area contributed by atoms with Crippen LogP contribution >= 0.6 is 0 Å². The number of carbonyl (C=O) groups excluding carboxylic acids is 1. The van der Waals surface area contributed by atoms with E-state index in [2.05, 4.69) is 20.7 Å². The fraction of sp³-hybridized carbons (Fsp3) is 0.148. The minimum atomic E-state index is -0.529. The van der Waals surface area contributed by atoms with Gasteiger partial charge in [-0.25, -0.2) is 9.07 Å². The molecule has 5 rings (SSSR count). The van der Waals surface area contributed by atoms with Crippen LogP contribution in [0.15, 0.2) is 90.4 Å². The molecule has 1 aromatic heterocycles. The SMILES string of the molecule is COc1ccccc1NC(=O)C1=C(C)Nc2ncnn2C1c1ccc(OCc2ccccc2F)cc1. The largest absolute Gasteiger partial charge is 0.495 e. The van der Waals surface area contributed by atoms with Crippen molar-refractivity contribution in [1.82, 2.24) is 14.8 Å². The topological polar surface area (TPSA) is 90.3 Å². The van der Waals surface area contributed by atoms with Crippen LogP contribution in [0.5, 0.6) is 11.5 Å². The molecular weight excluding hydrogens is 461 g/mol. The smallest absolute Gasteiger partial charge is 0.255 e. The Balaban J connectivity index is 1.42. The van der Waals surface area contributed by atoms with Gasteiger partial charge < -0.3 is 20.1 Å². The van der Waals surface area contributed by atoms with E-state index in [1.54, 1.807) is 54.3 Å². The highest BCUT2D eigenvalue weighted by Crippen LogP contribution is 2.36. The summed E-state index contributed by atoms with van der Waals surface area (Å²) < 4.78 is 26.7. The Bertz CT molecular complexity index is 1430. The molecule has 1 amide bonds. The lowest BCUT2D eigenvalue weighted by Gasteiger charge is -2.29. The fourth-order valence-corrected chi connectivity index (χ4v) is 4.15. The molecule has 0 spiro atoms. The van der Waals surface area contributed by atoms with E-state index in [0.717, 1.165) is 5.56 Å². The third-order valence-corrected chi connectivity index (χ3v) is 5.94. The number of hydrogen-bond acceptors (Lipinski definition) is 6. The van der Waals surface area contributed by atoms with Gasteiger partial charge in [0.05, 0.1) is 18.4 Å². The first kappa shape index (κ1) is 23.1. The number of carbonyl (C=O) groups is 1. The number of nitrogens with zero attached hydrogens (tertiary/aromatic N) is 3. The number of anilines is 2. The minimum absolute atomic E-state index is 0.109. The van der Waals surface area contributed by atoms with Gasteiger partial charge in [-0.1, -0.05) is 42.5 Å². The van der Waals surface area contributed by atoms with Crippen molar-refractivity contribution in [2.75, 3.05) is 17.7 Å². The molecule has 1 atom stereocenters. The number of aromatic nitrogens is 3. The average Bonchev–Trinajstić information content (AvgIpc) is 3.36. The van der Waals surface area contributed by atoms with E-state index >= 15 is 0 Å². The van der Waals surface area contributed by atoms with E-state index in [4.69, 9.17) is 9.47 Å². The van der Waals surface area contributed by atoms with E-state index < -0.39 is 6.04 Å². The first-order valence-electron chi connectivity index (χ1n) is 11.3. The number of methoxy groups -OCH3 is 1. The van der Waals surface area contributed by atoms with Crippen LogP contribution in [0.1, 0.15) is 24.1 Å². The second-order valence-corrected chi connectivity index (χ2v) is 8.20. The quantitative estimate of drug-likeness (QED) is 0.386. The van der Waals surface area contributed by atoms with Gasteiger partial charge in [0.2, 0.25) is 5.95 Å². The van der Waals surface area contributed by atoms with Gasteiger partial charge in [0, 0.05) is 11.3 Å². The van der Waals surface area contributed by atoms with Gasteiger partial charge in [0.25, 0.3) is 5.91 Å². The van der Waals surface area contributed by atoms with Crippen molar-refractivity contribution in [3.63, 3.8) is 0 Å². The highest BCUT2D eigenvalue weighted by molar-refractivity contribution is 6.06. The Labute approximate surface area is 207 Å². The molecule has 3 aromatic carbocycles. The number of fused-ring (bicyclic) bond motifs is 1. The van der Waals surface area contributed by atoms with Crippen LogP contribution in [0.2, 0.25) is 0 Å². The summed E-state index contributed by atoms with van der Waals surface area (Å²) in [4.78, 5) is 17.8. The third-order valence-electron chi connectivity index (χ3n) is 5.94. The monoisotopic (exact) mass is 485 g/mol. The first-order valence-corrected chi connectivity index (χ1v) is 11.3. The molecule has 0 bridgehead atoms. The molecule has 2 heterocycles. The number of amides is 1. The maximum Gasteiger partial charge on any atom is 0.255 e. The molecule has 36 heavy (non-hydrogen) atoms. The van der Waals surface area contributed by atoms with E-state index in [1.807, 2.05) is 31.2 Å². The third kappa shape index (κ3) is 4.50. The van der Waals surface area contributed by atoms with Crippen LogP contribution in [0.4, 0.5) is 16.0 Å². The van der Waals surface area contributed by atoms with E-state index in [-0.39, 0.29) is 18.3 Å². The molecule has 1 unspecified atom stereocenters. The second-order valence-electron chi connectivity index (χ2n) is 8.20. The number of nitrogens with one attached hydrogen (secondary N) is 2. The summed E-state index contributed by atoms with van der Waals surface area (Å²) in [5, 5.41) is 10.5.